The molecule has 0 rings (SSSR count). The Morgan fingerprint density at radius 2 is 1.19 bits per heavy atom. The maximum Gasteiger partial charge on any atom is 0.328 e. The molecule has 1 unspecified atom stereocenters. The van der Waals surface area contributed by atoms with Crippen LogP contribution in [0.25, 0.3) is 0 Å². The van der Waals surface area contributed by atoms with Crippen molar-refractivity contribution in [2.75, 3.05) is 12.8 Å². The lowest BCUT2D eigenvalue weighted by Gasteiger charge is -2.12. The van der Waals surface area contributed by atoms with Crippen LogP contribution in [0.5, 0.6) is 0 Å². The summed E-state index contributed by atoms with van der Waals surface area (Å²) in [6.45, 7) is 4.83. The Morgan fingerprint density at radius 3 is 1.71 bits per heavy atom. The van der Waals surface area contributed by atoms with Gasteiger partial charge in [0, 0.05) is 6.16 Å². The summed E-state index contributed by atoms with van der Waals surface area (Å²) in [7, 11) is -3.31. The molecule has 0 aromatic carbocycles. The molecule has 1 atom stereocenters. The van der Waals surface area contributed by atoms with Crippen molar-refractivity contribution in [1.29, 1.82) is 0 Å². The fourth-order valence-corrected chi connectivity index (χ4v) is 3.41. The Morgan fingerprint density at radius 1 is 0.762 bits per heavy atom. The maximum absolute atomic E-state index is 11.8. The molecule has 0 radical (unpaired) electrons. The van der Waals surface area contributed by atoms with Crippen molar-refractivity contribution in [3.05, 3.63) is 0 Å². The van der Waals surface area contributed by atoms with E-state index in [0.29, 0.717) is 12.8 Å². The van der Waals surface area contributed by atoms with Gasteiger partial charge in [0.15, 0.2) is 0 Å². The zero-order chi connectivity index (χ0) is 15.1. The second-order valence-electron chi connectivity index (χ2n) is 5.73. The molecular weight excluding hydrogens is 285 g/mol. The minimum Gasteiger partial charge on any atom is -0.344 e. The van der Waals surface area contributed by atoms with Gasteiger partial charge in [0.1, 0.15) is 0 Å². The maximum atomic E-state index is 11.8. The third kappa shape index (κ3) is 18.1. The second-order valence-corrected chi connectivity index (χ2v) is 7.71. The fourth-order valence-electron chi connectivity index (χ4n) is 2.25. The van der Waals surface area contributed by atoms with Gasteiger partial charge in [0.05, 0.1) is 6.61 Å². The van der Waals surface area contributed by atoms with Gasteiger partial charge in [-0.15, -0.1) is 0 Å². The highest BCUT2D eigenvalue weighted by molar-refractivity contribution is 7.52. The number of hydrogen-bond donors (Lipinski definition) is 2. The normalized spacial score (nSPS) is 13.7. The van der Waals surface area contributed by atoms with Gasteiger partial charge in [-0.2, -0.15) is 0 Å². The lowest BCUT2D eigenvalue weighted by molar-refractivity contribution is 0.252. The standard InChI is InChI=1S/C16H35O3P.H3N/c1-3-5-7-9-11-13-15-19-20(17,18)16-14-12-10-8-6-4-2;/h3-16H2,1-2H3,(H,17,18);1H3. The number of rotatable bonds is 15. The Kier molecular flexibility index (Phi) is 18.3. The van der Waals surface area contributed by atoms with E-state index < -0.39 is 7.60 Å². The molecule has 0 aliphatic rings. The Labute approximate surface area is 132 Å². The first kappa shape index (κ1) is 23.4. The largest absolute Gasteiger partial charge is 0.344 e. The van der Waals surface area contributed by atoms with Crippen LogP contribution in [0.4, 0.5) is 0 Å². The molecule has 130 valence electrons. The van der Waals surface area contributed by atoms with Gasteiger partial charge in [-0.1, -0.05) is 78.1 Å². The molecule has 0 fully saturated rings. The highest BCUT2D eigenvalue weighted by Gasteiger charge is 2.17. The summed E-state index contributed by atoms with van der Waals surface area (Å²) in [4.78, 5) is 9.69. The molecule has 0 amide bonds. The average Bonchev–Trinajstić information content (AvgIpc) is 2.41. The van der Waals surface area contributed by atoms with Crippen LogP contribution in [0.2, 0.25) is 0 Å². The van der Waals surface area contributed by atoms with Crippen molar-refractivity contribution < 1.29 is 14.0 Å². The van der Waals surface area contributed by atoms with E-state index in [-0.39, 0.29) is 6.15 Å². The minimum atomic E-state index is -3.31. The van der Waals surface area contributed by atoms with E-state index >= 15 is 0 Å². The van der Waals surface area contributed by atoms with E-state index in [4.69, 9.17) is 4.52 Å². The molecule has 0 saturated carbocycles. The van der Waals surface area contributed by atoms with Gasteiger partial charge in [0.25, 0.3) is 0 Å². The first-order valence-corrected chi connectivity index (χ1v) is 10.3. The summed E-state index contributed by atoms with van der Waals surface area (Å²) >= 11 is 0. The highest BCUT2D eigenvalue weighted by Crippen LogP contribution is 2.43. The molecule has 21 heavy (non-hydrogen) atoms. The SMILES string of the molecule is CCCCCCCCOP(=O)(O)CCCCCCCC.N. The smallest absolute Gasteiger partial charge is 0.328 e. The quantitative estimate of drug-likeness (QED) is 0.283. The molecule has 4 N–H and O–H groups in total. The summed E-state index contributed by atoms with van der Waals surface area (Å²) in [5.74, 6) is 0. The third-order valence-electron chi connectivity index (χ3n) is 3.59. The third-order valence-corrected chi connectivity index (χ3v) is 5.05. The predicted molar refractivity (Wildman–Crippen MR) is 92.4 cm³/mol. The molecule has 0 saturated heterocycles. The zero-order valence-electron chi connectivity index (χ0n) is 14.3. The van der Waals surface area contributed by atoms with Crippen molar-refractivity contribution in [3.8, 4) is 0 Å². The monoisotopic (exact) mass is 323 g/mol. The molecule has 0 spiro atoms. The fraction of sp³-hybridized carbons (Fsp3) is 1.00. The summed E-state index contributed by atoms with van der Waals surface area (Å²) in [5, 5.41) is 0. The molecule has 0 aromatic rings. The first-order chi connectivity index (χ1) is 9.62. The van der Waals surface area contributed by atoms with Gasteiger partial charge >= 0.3 is 7.60 Å². The van der Waals surface area contributed by atoms with Crippen LogP contribution in [0.3, 0.4) is 0 Å². The molecule has 0 bridgehead atoms. The van der Waals surface area contributed by atoms with Gasteiger partial charge in [0.2, 0.25) is 0 Å². The summed E-state index contributed by atoms with van der Waals surface area (Å²) in [6, 6.07) is 0. The molecule has 4 nitrogen and oxygen atoms in total. The molecule has 0 aliphatic carbocycles. The van der Waals surface area contributed by atoms with E-state index in [1.165, 1.54) is 51.4 Å². The van der Waals surface area contributed by atoms with Crippen molar-refractivity contribution in [2.24, 2.45) is 0 Å². The Bertz CT molecular complexity index is 250. The van der Waals surface area contributed by atoms with Crippen LogP contribution in [0.1, 0.15) is 90.9 Å². The first-order valence-electron chi connectivity index (χ1n) is 8.58. The second kappa shape index (κ2) is 16.5. The Hall–Kier alpha value is 0.110. The summed E-state index contributed by atoms with van der Waals surface area (Å²) < 4.78 is 16.9. The highest BCUT2D eigenvalue weighted by atomic mass is 31.2. The minimum absolute atomic E-state index is 0. The molecule has 0 aromatic heterocycles. The van der Waals surface area contributed by atoms with E-state index in [1.54, 1.807) is 0 Å². The van der Waals surface area contributed by atoms with Crippen molar-refractivity contribution in [2.45, 2.75) is 90.9 Å². The lowest BCUT2D eigenvalue weighted by Crippen LogP contribution is -1.97. The molecular formula is C16H38NO3P. The molecule has 5 heteroatoms. The number of unbranched alkanes of at least 4 members (excludes halogenated alkanes) is 10. The van der Waals surface area contributed by atoms with Gasteiger partial charge in [-0.3, -0.25) is 4.57 Å². The molecule has 0 aliphatic heterocycles. The lowest BCUT2D eigenvalue weighted by atomic mass is 10.1. The van der Waals surface area contributed by atoms with E-state index in [9.17, 15) is 9.46 Å². The van der Waals surface area contributed by atoms with Crippen LogP contribution in [-0.2, 0) is 9.09 Å². The number of hydrogen-bond acceptors (Lipinski definition) is 3. The topological polar surface area (TPSA) is 81.5 Å². The van der Waals surface area contributed by atoms with Gasteiger partial charge in [-0.05, 0) is 12.8 Å². The van der Waals surface area contributed by atoms with Gasteiger partial charge < -0.3 is 15.6 Å². The van der Waals surface area contributed by atoms with Crippen LogP contribution in [0.15, 0.2) is 0 Å². The van der Waals surface area contributed by atoms with E-state index in [1.807, 2.05) is 0 Å². The van der Waals surface area contributed by atoms with Gasteiger partial charge in [-0.25, -0.2) is 0 Å². The predicted octanol–water partition coefficient (Wildman–Crippen LogP) is 6.07. The van der Waals surface area contributed by atoms with E-state index in [2.05, 4.69) is 13.8 Å². The van der Waals surface area contributed by atoms with Crippen molar-refractivity contribution in [3.63, 3.8) is 0 Å². The van der Waals surface area contributed by atoms with Crippen LogP contribution in [0, 0.1) is 0 Å². The Balaban J connectivity index is 0. The average molecular weight is 323 g/mol. The zero-order valence-corrected chi connectivity index (χ0v) is 15.2. The van der Waals surface area contributed by atoms with E-state index in [0.717, 1.165) is 25.7 Å². The van der Waals surface area contributed by atoms with Crippen LogP contribution >= 0.6 is 7.60 Å². The summed E-state index contributed by atoms with van der Waals surface area (Å²) in [5.41, 5.74) is 0. The molecule has 0 heterocycles. The van der Waals surface area contributed by atoms with Crippen LogP contribution in [-0.4, -0.2) is 17.7 Å². The van der Waals surface area contributed by atoms with Crippen molar-refractivity contribution >= 4 is 7.60 Å². The summed E-state index contributed by atoms with van der Waals surface area (Å²) in [6.07, 6.45) is 14.1. The van der Waals surface area contributed by atoms with Crippen molar-refractivity contribution in [1.82, 2.24) is 6.15 Å². The van der Waals surface area contributed by atoms with Crippen LogP contribution < -0.4 is 6.15 Å².